The number of nitrogens with one attached hydrogen (secondary N) is 1. The van der Waals surface area contributed by atoms with Crippen LogP contribution in [0.15, 0.2) is 0 Å². The van der Waals surface area contributed by atoms with Gasteiger partial charge in [-0.05, 0) is 30.6 Å². The largest absolute Gasteiger partial charge is 0.481 e. The third-order valence-electron chi connectivity index (χ3n) is 5.02. The SMILES string of the molecule is CCCCC(C)CCC(=O)NCC1(CC(=O)O)CCCCC1. The van der Waals surface area contributed by atoms with Gasteiger partial charge in [0, 0.05) is 13.0 Å². The van der Waals surface area contributed by atoms with Crippen molar-refractivity contribution in [2.24, 2.45) is 11.3 Å². The van der Waals surface area contributed by atoms with E-state index in [-0.39, 0.29) is 17.7 Å². The molecule has 1 fully saturated rings. The Labute approximate surface area is 135 Å². The zero-order valence-electron chi connectivity index (χ0n) is 14.3. The van der Waals surface area contributed by atoms with E-state index < -0.39 is 5.97 Å². The summed E-state index contributed by atoms with van der Waals surface area (Å²) in [6, 6.07) is 0. The van der Waals surface area contributed by atoms with Gasteiger partial charge in [-0.25, -0.2) is 0 Å². The Bertz CT molecular complexity index is 348. The molecule has 4 heteroatoms. The second kappa shape index (κ2) is 9.86. The number of rotatable bonds is 10. The van der Waals surface area contributed by atoms with Crippen molar-refractivity contribution < 1.29 is 14.7 Å². The van der Waals surface area contributed by atoms with Crippen molar-refractivity contribution in [3.8, 4) is 0 Å². The van der Waals surface area contributed by atoms with Crippen LogP contribution in [-0.4, -0.2) is 23.5 Å². The van der Waals surface area contributed by atoms with Gasteiger partial charge in [0.15, 0.2) is 0 Å². The molecule has 22 heavy (non-hydrogen) atoms. The molecule has 0 aromatic carbocycles. The van der Waals surface area contributed by atoms with Crippen LogP contribution in [0, 0.1) is 11.3 Å². The van der Waals surface area contributed by atoms with Crippen LogP contribution in [0.4, 0.5) is 0 Å². The lowest BCUT2D eigenvalue weighted by molar-refractivity contribution is -0.140. The molecule has 0 aromatic rings. The number of carbonyl (C=O) groups excluding carboxylic acids is 1. The summed E-state index contributed by atoms with van der Waals surface area (Å²) in [5.41, 5.74) is -0.215. The molecule has 0 spiro atoms. The fourth-order valence-corrected chi connectivity index (χ4v) is 3.49. The third kappa shape index (κ3) is 7.28. The molecular formula is C18H33NO3. The van der Waals surface area contributed by atoms with Gasteiger partial charge in [0.25, 0.3) is 0 Å². The minimum atomic E-state index is -0.746. The molecule has 0 bridgehead atoms. The average Bonchev–Trinajstić information content (AvgIpc) is 2.49. The number of carboxylic acids is 1. The fraction of sp³-hybridized carbons (Fsp3) is 0.889. The first kappa shape index (κ1) is 19.0. The normalized spacial score (nSPS) is 18.6. The van der Waals surface area contributed by atoms with Crippen LogP contribution in [0.3, 0.4) is 0 Å². The van der Waals surface area contributed by atoms with Gasteiger partial charge in [-0.15, -0.1) is 0 Å². The lowest BCUT2D eigenvalue weighted by Gasteiger charge is -2.36. The van der Waals surface area contributed by atoms with E-state index in [0.29, 0.717) is 18.9 Å². The average molecular weight is 311 g/mol. The number of carbonyl (C=O) groups is 2. The summed E-state index contributed by atoms with van der Waals surface area (Å²) >= 11 is 0. The molecule has 1 amide bonds. The Morgan fingerprint density at radius 3 is 2.45 bits per heavy atom. The molecule has 1 rings (SSSR count). The maximum atomic E-state index is 12.0. The molecule has 2 N–H and O–H groups in total. The van der Waals surface area contributed by atoms with Gasteiger partial charge in [0.2, 0.25) is 5.91 Å². The number of aliphatic carboxylic acids is 1. The van der Waals surface area contributed by atoms with E-state index in [1.165, 1.54) is 25.7 Å². The lowest BCUT2D eigenvalue weighted by atomic mass is 9.71. The summed E-state index contributed by atoms with van der Waals surface area (Å²) in [7, 11) is 0. The van der Waals surface area contributed by atoms with E-state index >= 15 is 0 Å². The Kier molecular flexibility index (Phi) is 8.51. The zero-order chi connectivity index (χ0) is 16.4. The summed E-state index contributed by atoms with van der Waals surface area (Å²) in [6.45, 7) is 4.92. The summed E-state index contributed by atoms with van der Waals surface area (Å²) in [5, 5.41) is 12.1. The summed E-state index contributed by atoms with van der Waals surface area (Å²) in [4.78, 5) is 23.2. The zero-order valence-corrected chi connectivity index (χ0v) is 14.3. The van der Waals surface area contributed by atoms with Gasteiger partial charge < -0.3 is 10.4 Å². The van der Waals surface area contributed by atoms with Gasteiger partial charge in [-0.1, -0.05) is 52.4 Å². The minimum Gasteiger partial charge on any atom is -0.481 e. The summed E-state index contributed by atoms with van der Waals surface area (Å²) in [6.07, 6.45) is 10.5. The third-order valence-corrected chi connectivity index (χ3v) is 5.02. The van der Waals surface area contributed by atoms with Crippen molar-refractivity contribution >= 4 is 11.9 Å². The van der Waals surface area contributed by atoms with Crippen LogP contribution >= 0.6 is 0 Å². The predicted molar refractivity (Wildman–Crippen MR) is 88.7 cm³/mol. The Balaban J connectivity index is 2.34. The fourth-order valence-electron chi connectivity index (χ4n) is 3.49. The van der Waals surface area contributed by atoms with E-state index in [1.807, 2.05) is 0 Å². The number of amides is 1. The molecule has 1 saturated carbocycles. The first-order valence-electron chi connectivity index (χ1n) is 8.96. The maximum absolute atomic E-state index is 12.0. The van der Waals surface area contributed by atoms with Gasteiger partial charge in [0.05, 0.1) is 6.42 Å². The summed E-state index contributed by atoms with van der Waals surface area (Å²) in [5.74, 6) is -0.0728. The molecule has 128 valence electrons. The monoisotopic (exact) mass is 311 g/mol. The molecule has 4 nitrogen and oxygen atoms in total. The highest BCUT2D eigenvalue weighted by Gasteiger charge is 2.34. The van der Waals surface area contributed by atoms with E-state index in [9.17, 15) is 9.59 Å². The highest BCUT2D eigenvalue weighted by atomic mass is 16.4. The molecule has 1 aliphatic rings. The van der Waals surface area contributed by atoms with Crippen LogP contribution in [-0.2, 0) is 9.59 Å². The van der Waals surface area contributed by atoms with Crippen molar-refractivity contribution in [2.45, 2.75) is 84.5 Å². The Hall–Kier alpha value is -1.06. The Morgan fingerprint density at radius 1 is 1.18 bits per heavy atom. The maximum Gasteiger partial charge on any atom is 0.303 e. The number of hydrogen-bond acceptors (Lipinski definition) is 2. The highest BCUT2D eigenvalue weighted by molar-refractivity contribution is 5.76. The number of unbranched alkanes of at least 4 members (excludes halogenated alkanes) is 1. The van der Waals surface area contributed by atoms with Crippen molar-refractivity contribution in [3.63, 3.8) is 0 Å². The van der Waals surface area contributed by atoms with Gasteiger partial charge in [0.1, 0.15) is 0 Å². The van der Waals surface area contributed by atoms with Crippen molar-refractivity contribution in [2.75, 3.05) is 6.54 Å². The van der Waals surface area contributed by atoms with Crippen LogP contribution in [0.1, 0.15) is 84.5 Å². The topological polar surface area (TPSA) is 66.4 Å². The van der Waals surface area contributed by atoms with E-state index in [2.05, 4.69) is 19.2 Å². The molecular weight excluding hydrogens is 278 g/mol. The Morgan fingerprint density at radius 2 is 1.86 bits per heavy atom. The minimum absolute atomic E-state index is 0.0821. The van der Waals surface area contributed by atoms with Crippen molar-refractivity contribution in [3.05, 3.63) is 0 Å². The second-order valence-corrected chi connectivity index (χ2v) is 7.19. The predicted octanol–water partition coefficient (Wildman–Crippen LogP) is 4.13. The van der Waals surface area contributed by atoms with Crippen molar-refractivity contribution in [1.82, 2.24) is 5.32 Å². The first-order chi connectivity index (χ1) is 10.5. The van der Waals surface area contributed by atoms with E-state index in [0.717, 1.165) is 32.1 Å². The standard InChI is InChI=1S/C18H33NO3/c1-3-4-8-15(2)9-10-16(20)19-14-18(13-17(21)22)11-6-5-7-12-18/h15H,3-14H2,1-2H3,(H,19,20)(H,21,22). The van der Waals surface area contributed by atoms with Crippen LogP contribution in [0.25, 0.3) is 0 Å². The molecule has 0 saturated heterocycles. The van der Waals surface area contributed by atoms with Gasteiger partial charge >= 0.3 is 5.97 Å². The molecule has 0 aromatic heterocycles. The summed E-state index contributed by atoms with van der Waals surface area (Å²) < 4.78 is 0. The highest BCUT2D eigenvalue weighted by Crippen LogP contribution is 2.38. The smallest absolute Gasteiger partial charge is 0.303 e. The number of hydrogen-bond donors (Lipinski definition) is 2. The second-order valence-electron chi connectivity index (χ2n) is 7.19. The van der Waals surface area contributed by atoms with Crippen LogP contribution < -0.4 is 5.32 Å². The van der Waals surface area contributed by atoms with Gasteiger partial charge in [-0.3, -0.25) is 9.59 Å². The molecule has 0 aliphatic heterocycles. The molecule has 0 radical (unpaired) electrons. The molecule has 1 atom stereocenters. The molecule has 1 unspecified atom stereocenters. The van der Waals surface area contributed by atoms with E-state index in [4.69, 9.17) is 5.11 Å². The molecule has 1 aliphatic carbocycles. The van der Waals surface area contributed by atoms with Gasteiger partial charge in [-0.2, -0.15) is 0 Å². The first-order valence-corrected chi connectivity index (χ1v) is 8.96. The lowest BCUT2D eigenvalue weighted by Crippen LogP contribution is -2.40. The van der Waals surface area contributed by atoms with Crippen LogP contribution in [0.2, 0.25) is 0 Å². The number of carboxylic acid groups (broad SMARTS) is 1. The van der Waals surface area contributed by atoms with Crippen molar-refractivity contribution in [1.29, 1.82) is 0 Å². The molecule has 0 heterocycles. The van der Waals surface area contributed by atoms with Crippen LogP contribution in [0.5, 0.6) is 0 Å². The van der Waals surface area contributed by atoms with E-state index in [1.54, 1.807) is 0 Å². The quantitative estimate of drug-likeness (QED) is 0.637.